The fraction of sp³-hybridized carbons (Fsp3) is 1.00. The Morgan fingerprint density at radius 1 is 0.312 bits per heavy atom. The van der Waals surface area contributed by atoms with E-state index < -0.39 is 0 Å². The zero-order valence-corrected chi connectivity index (χ0v) is 22.7. The molecule has 0 aliphatic carbocycles. The van der Waals surface area contributed by atoms with Crippen molar-refractivity contribution < 1.29 is 8.97 Å². The largest absolute Gasteiger partial charge is 0.310 e. The number of fused-ring (bicyclic) bond motifs is 3. The zero-order valence-electron chi connectivity index (χ0n) is 22.7. The van der Waals surface area contributed by atoms with Gasteiger partial charge in [0.2, 0.25) is 0 Å². The van der Waals surface area contributed by atoms with E-state index >= 15 is 0 Å². The third-order valence-electron chi connectivity index (χ3n) is 9.12. The molecule has 2 heteroatoms. The average Bonchev–Trinajstić information content (AvgIpc) is 2.83. The molecule has 0 radical (unpaired) electrons. The molecule has 2 nitrogen and oxygen atoms in total. The van der Waals surface area contributed by atoms with Gasteiger partial charge in [0.15, 0.2) is 0 Å². The van der Waals surface area contributed by atoms with E-state index in [4.69, 9.17) is 0 Å². The van der Waals surface area contributed by atoms with Crippen LogP contribution in [0.3, 0.4) is 0 Å². The van der Waals surface area contributed by atoms with Crippen molar-refractivity contribution in [2.24, 2.45) is 0 Å². The maximum Gasteiger partial charge on any atom is 0.129 e. The fourth-order valence-corrected chi connectivity index (χ4v) is 6.48. The number of hydrogen-bond donors (Lipinski definition) is 0. The molecular formula is C30H62N2+2. The van der Waals surface area contributed by atoms with Crippen molar-refractivity contribution in [1.82, 2.24) is 0 Å². The van der Waals surface area contributed by atoms with Gasteiger partial charge in [0.25, 0.3) is 0 Å². The quantitative estimate of drug-likeness (QED) is 0.115. The van der Waals surface area contributed by atoms with Crippen molar-refractivity contribution in [1.29, 1.82) is 0 Å². The summed E-state index contributed by atoms with van der Waals surface area (Å²) >= 11 is 0. The van der Waals surface area contributed by atoms with Crippen LogP contribution in [0.5, 0.6) is 0 Å². The van der Waals surface area contributed by atoms with E-state index in [-0.39, 0.29) is 0 Å². The molecule has 3 rings (SSSR count). The van der Waals surface area contributed by atoms with Crippen molar-refractivity contribution in [2.45, 2.75) is 142 Å². The molecular weight excluding hydrogens is 388 g/mol. The van der Waals surface area contributed by atoms with E-state index in [0.717, 1.165) is 0 Å². The first-order chi connectivity index (χ1) is 15.7. The predicted molar refractivity (Wildman–Crippen MR) is 143 cm³/mol. The molecule has 3 heterocycles. The van der Waals surface area contributed by atoms with Crippen LogP contribution in [0.4, 0.5) is 0 Å². The van der Waals surface area contributed by atoms with Gasteiger partial charge < -0.3 is 8.97 Å². The number of nitrogens with zero attached hydrogens (tertiary/aromatic N) is 2. The summed E-state index contributed by atoms with van der Waals surface area (Å²) in [6.07, 6.45) is 29.4. The second-order valence-corrected chi connectivity index (χ2v) is 11.8. The standard InChI is InChI=1S/C30H62N2/c1-3-5-7-9-11-13-15-17-19-21-23-31-25-28-32(29-26-31,30-27-31)24-22-20-18-16-14-12-10-8-6-4-2/h3-30H2,1-2H3/q+2. The van der Waals surface area contributed by atoms with Crippen molar-refractivity contribution in [3.8, 4) is 0 Å². The van der Waals surface area contributed by atoms with E-state index in [0.29, 0.717) is 0 Å². The Morgan fingerprint density at radius 3 is 0.781 bits per heavy atom. The summed E-state index contributed by atoms with van der Waals surface area (Å²) in [4.78, 5) is 0. The Kier molecular flexibility index (Phi) is 15.3. The van der Waals surface area contributed by atoms with Gasteiger partial charge in [-0.05, 0) is 25.7 Å². The first kappa shape index (κ1) is 28.2. The van der Waals surface area contributed by atoms with E-state index in [1.807, 2.05) is 0 Å². The molecule has 3 saturated heterocycles. The van der Waals surface area contributed by atoms with Crippen LogP contribution in [0, 0.1) is 0 Å². The fourth-order valence-electron chi connectivity index (χ4n) is 6.48. The van der Waals surface area contributed by atoms with E-state index in [1.54, 1.807) is 0 Å². The number of piperazine rings is 3. The minimum absolute atomic E-state index is 1.37. The molecule has 2 bridgehead atoms. The zero-order chi connectivity index (χ0) is 22.8. The lowest BCUT2D eigenvalue weighted by Crippen LogP contribution is -2.75. The van der Waals surface area contributed by atoms with E-state index in [2.05, 4.69) is 13.8 Å². The van der Waals surface area contributed by atoms with Crippen molar-refractivity contribution in [3.63, 3.8) is 0 Å². The van der Waals surface area contributed by atoms with E-state index in [1.165, 1.54) is 190 Å². The molecule has 3 aliphatic heterocycles. The molecule has 0 saturated carbocycles. The van der Waals surface area contributed by atoms with Crippen LogP contribution in [0.1, 0.15) is 142 Å². The Balaban J connectivity index is 1.43. The van der Waals surface area contributed by atoms with Gasteiger partial charge in [-0.25, -0.2) is 0 Å². The molecule has 32 heavy (non-hydrogen) atoms. The maximum absolute atomic E-state index is 2.31. The third-order valence-corrected chi connectivity index (χ3v) is 9.12. The molecule has 0 aromatic heterocycles. The summed E-state index contributed by atoms with van der Waals surface area (Å²) in [7, 11) is 0. The highest BCUT2D eigenvalue weighted by molar-refractivity contribution is 4.63. The molecule has 0 atom stereocenters. The predicted octanol–water partition coefficient (Wildman–Crippen LogP) is 8.49. The maximum atomic E-state index is 2.31. The van der Waals surface area contributed by atoms with Gasteiger partial charge in [-0.3, -0.25) is 0 Å². The van der Waals surface area contributed by atoms with Gasteiger partial charge in [0, 0.05) is 0 Å². The average molecular weight is 451 g/mol. The Morgan fingerprint density at radius 2 is 0.531 bits per heavy atom. The van der Waals surface area contributed by atoms with Crippen LogP contribution in [-0.4, -0.2) is 61.3 Å². The minimum Gasteiger partial charge on any atom is -0.310 e. The summed E-state index contributed by atoms with van der Waals surface area (Å²) in [5.74, 6) is 0. The van der Waals surface area contributed by atoms with Crippen molar-refractivity contribution >= 4 is 0 Å². The summed E-state index contributed by atoms with van der Waals surface area (Å²) in [6.45, 7) is 16.6. The first-order valence-electron chi connectivity index (χ1n) is 15.4. The van der Waals surface area contributed by atoms with Crippen molar-refractivity contribution in [2.75, 3.05) is 52.4 Å². The third kappa shape index (κ3) is 11.4. The smallest absolute Gasteiger partial charge is 0.129 e. The van der Waals surface area contributed by atoms with Crippen LogP contribution in [0.15, 0.2) is 0 Å². The van der Waals surface area contributed by atoms with Crippen molar-refractivity contribution in [3.05, 3.63) is 0 Å². The lowest BCUT2D eigenvalue weighted by molar-refractivity contribution is -1.08. The summed E-state index contributed by atoms with van der Waals surface area (Å²) in [5, 5.41) is 0. The van der Waals surface area contributed by atoms with Crippen LogP contribution >= 0.6 is 0 Å². The Hall–Kier alpha value is -0.0800. The summed E-state index contributed by atoms with van der Waals surface area (Å²) in [5.41, 5.74) is 0. The van der Waals surface area contributed by atoms with Crippen LogP contribution in [0.2, 0.25) is 0 Å². The van der Waals surface area contributed by atoms with E-state index in [9.17, 15) is 0 Å². The van der Waals surface area contributed by atoms with Gasteiger partial charge in [-0.15, -0.1) is 0 Å². The second kappa shape index (κ2) is 17.4. The summed E-state index contributed by atoms with van der Waals surface area (Å²) < 4.78 is 2.99. The highest BCUT2D eigenvalue weighted by atomic mass is 15.5. The SMILES string of the molecule is CCCCCCCCCCCC[N+]12CC[N+](CCCCCCCCCCCC)(CC1)CC2. The molecule has 0 unspecified atom stereocenters. The number of rotatable bonds is 22. The van der Waals surface area contributed by atoms with Crippen LogP contribution in [-0.2, 0) is 0 Å². The lowest BCUT2D eigenvalue weighted by Gasteiger charge is -2.55. The second-order valence-electron chi connectivity index (χ2n) is 11.8. The topological polar surface area (TPSA) is 0 Å². The monoisotopic (exact) mass is 450 g/mol. The number of hydrogen-bond acceptors (Lipinski definition) is 0. The van der Waals surface area contributed by atoms with Crippen LogP contribution < -0.4 is 0 Å². The highest BCUT2D eigenvalue weighted by Gasteiger charge is 2.47. The van der Waals surface area contributed by atoms with Gasteiger partial charge in [0.1, 0.15) is 39.3 Å². The molecule has 190 valence electrons. The molecule has 0 amide bonds. The Labute approximate surface area is 203 Å². The first-order valence-corrected chi connectivity index (χ1v) is 15.4. The molecule has 0 N–H and O–H groups in total. The minimum atomic E-state index is 1.37. The Bertz CT molecular complexity index is 368. The molecule has 3 fully saturated rings. The highest BCUT2D eigenvalue weighted by Crippen LogP contribution is 2.28. The number of quaternary nitrogens is 2. The lowest BCUT2D eigenvalue weighted by atomic mass is 10.0. The van der Waals surface area contributed by atoms with Gasteiger partial charge in [0.05, 0.1) is 13.1 Å². The molecule has 3 aliphatic rings. The summed E-state index contributed by atoms with van der Waals surface area (Å²) in [6, 6.07) is 0. The van der Waals surface area contributed by atoms with Crippen LogP contribution in [0.25, 0.3) is 0 Å². The van der Waals surface area contributed by atoms with Gasteiger partial charge in [-0.1, -0.05) is 117 Å². The molecule has 0 aromatic carbocycles. The molecule has 0 aromatic rings. The van der Waals surface area contributed by atoms with Gasteiger partial charge >= 0.3 is 0 Å². The normalized spacial score (nSPS) is 24.9. The van der Waals surface area contributed by atoms with Gasteiger partial charge in [-0.2, -0.15) is 0 Å². The number of unbranched alkanes of at least 4 members (excludes halogenated alkanes) is 18. The molecule has 0 spiro atoms.